The average molecular weight is 268 g/mol. The first-order chi connectivity index (χ1) is 9.75. The van der Waals surface area contributed by atoms with E-state index in [1.165, 1.54) is 0 Å². The van der Waals surface area contributed by atoms with E-state index in [1.807, 2.05) is 55.1 Å². The lowest BCUT2D eigenvalue weighted by molar-refractivity contribution is 0.392. The lowest BCUT2D eigenvalue weighted by Crippen LogP contribution is -2.05. The van der Waals surface area contributed by atoms with Crippen LogP contribution < -0.4 is 5.32 Å². The largest absolute Gasteiger partial charge is 0.379 e. The molecule has 1 aromatic carbocycles. The third-order valence-corrected chi connectivity index (χ3v) is 3.29. The maximum absolute atomic E-state index is 5.18. The zero-order chi connectivity index (χ0) is 13.9. The van der Waals surface area contributed by atoms with Crippen molar-refractivity contribution in [3.05, 3.63) is 59.7 Å². The van der Waals surface area contributed by atoms with Crippen LogP contribution in [-0.2, 0) is 6.54 Å². The Morgan fingerprint density at radius 3 is 2.75 bits per heavy atom. The van der Waals surface area contributed by atoms with Crippen molar-refractivity contribution < 1.29 is 4.52 Å². The van der Waals surface area contributed by atoms with Crippen LogP contribution in [0.2, 0.25) is 0 Å². The minimum Gasteiger partial charge on any atom is -0.379 e. The van der Waals surface area contributed by atoms with E-state index in [0.29, 0.717) is 6.54 Å². The van der Waals surface area contributed by atoms with Crippen molar-refractivity contribution in [1.82, 2.24) is 14.9 Å². The van der Waals surface area contributed by atoms with Gasteiger partial charge in [0.2, 0.25) is 0 Å². The molecule has 5 nitrogen and oxygen atoms in total. The summed E-state index contributed by atoms with van der Waals surface area (Å²) in [5.74, 6) is 0.853. The maximum atomic E-state index is 5.18. The molecular weight excluding hydrogens is 252 g/mol. The van der Waals surface area contributed by atoms with Gasteiger partial charge in [0.15, 0.2) is 0 Å². The number of nitrogens with one attached hydrogen (secondary N) is 1. The second-order valence-corrected chi connectivity index (χ2v) is 4.62. The van der Waals surface area contributed by atoms with Crippen LogP contribution in [0.4, 0.5) is 5.69 Å². The Kier molecular flexibility index (Phi) is 3.25. The van der Waals surface area contributed by atoms with Crippen LogP contribution in [0.1, 0.15) is 17.0 Å². The number of hydrogen-bond acceptors (Lipinski definition) is 4. The van der Waals surface area contributed by atoms with Crippen molar-refractivity contribution >= 4 is 5.69 Å². The molecule has 0 amide bonds. The van der Waals surface area contributed by atoms with Gasteiger partial charge in [0.05, 0.1) is 17.1 Å². The molecule has 5 heteroatoms. The molecule has 1 N–H and O–H groups in total. The summed E-state index contributed by atoms with van der Waals surface area (Å²) in [6, 6.07) is 9.98. The first kappa shape index (κ1) is 12.5. The van der Waals surface area contributed by atoms with Crippen molar-refractivity contribution in [1.29, 1.82) is 0 Å². The van der Waals surface area contributed by atoms with Crippen LogP contribution in [0.25, 0.3) is 5.69 Å². The lowest BCUT2D eigenvalue weighted by Gasteiger charge is -2.11. The summed E-state index contributed by atoms with van der Waals surface area (Å²) in [4.78, 5) is 0. The number of rotatable bonds is 4. The van der Waals surface area contributed by atoms with Crippen LogP contribution in [0.3, 0.4) is 0 Å². The molecule has 0 aliphatic heterocycles. The summed E-state index contributed by atoms with van der Waals surface area (Å²) in [7, 11) is 0. The molecular formula is C15H16N4O. The fraction of sp³-hybridized carbons (Fsp3) is 0.200. The number of hydrogen-bond donors (Lipinski definition) is 1. The van der Waals surface area contributed by atoms with E-state index >= 15 is 0 Å². The van der Waals surface area contributed by atoms with Crippen molar-refractivity contribution in [2.75, 3.05) is 5.32 Å². The molecule has 2 heterocycles. The topological polar surface area (TPSA) is 55.9 Å². The van der Waals surface area contributed by atoms with Crippen molar-refractivity contribution in [3.8, 4) is 5.69 Å². The first-order valence-corrected chi connectivity index (χ1v) is 6.50. The zero-order valence-electron chi connectivity index (χ0n) is 11.5. The predicted molar refractivity (Wildman–Crippen MR) is 76.9 cm³/mol. The fourth-order valence-electron chi connectivity index (χ4n) is 2.17. The molecule has 0 aliphatic carbocycles. The summed E-state index contributed by atoms with van der Waals surface area (Å²) in [6.45, 7) is 4.56. The second kappa shape index (κ2) is 5.21. The summed E-state index contributed by atoms with van der Waals surface area (Å²) in [6.07, 6.45) is 3.70. The van der Waals surface area contributed by atoms with Gasteiger partial charge in [-0.1, -0.05) is 17.3 Å². The quantitative estimate of drug-likeness (QED) is 0.790. The highest BCUT2D eigenvalue weighted by molar-refractivity contribution is 5.60. The van der Waals surface area contributed by atoms with Crippen LogP contribution in [0.5, 0.6) is 0 Å². The minimum absolute atomic E-state index is 0.680. The monoisotopic (exact) mass is 268 g/mol. The summed E-state index contributed by atoms with van der Waals surface area (Å²) >= 11 is 0. The fourth-order valence-corrected chi connectivity index (χ4v) is 2.17. The number of aromatic nitrogens is 3. The van der Waals surface area contributed by atoms with E-state index in [4.69, 9.17) is 4.52 Å². The minimum atomic E-state index is 0.680. The molecule has 0 atom stereocenters. The second-order valence-electron chi connectivity index (χ2n) is 4.62. The van der Waals surface area contributed by atoms with Gasteiger partial charge in [-0.15, -0.1) is 0 Å². The molecule has 0 saturated carbocycles. The van der Waals surface area contributed by atoms with Gasteiger partial charge in [0.1, 0.15) is 5.76 Å². The summed E-state index contributed by atoms with van der Waals surface area (Å²) in [5.41, 5.74) is 4.06. The smallest absolute Gasteiger partial charge is 0.138 e. The standard InChI is InChI=1S/C15H16N4O/c1-11-13(12(2)20-18-11)10-16-14-6-3-4-7-15(14)19-9-5-8-17-19/h3-9,16H,10H2,1-2H3. The van der Waals surface area contributed by atoms with Crippen LogP contribution in [0.15, 0.2) is 47.2 Å². The highest BCUT2D eigenvalue weighted by Crippen LogP contribution is 2.21. The van der Waals surface area contributed by atoms with Gasteiger partial charge in [-0.3, -0.25) is 0 Å². The van der Waals surface area contributed by atoms with E-state index in [-0.39, 0.29) is 0 Å². The van der Waals surface area contributed by atoms with Crippen molar-refractivity contribution in [3.63, 3.8) is 0 Å². The molecule has 0 spiro atoms. The molecule has 0 radical (unpaired) electrons. The molecule has 20 heavy (non-hydrogen) atoms. The molecule has 0 aliphatic rings. The third-order valence-electron chi connectivity index (χ3n) is 3.29. The first-order valence-electron chi connectivity index (χ1n) is 6.50. The average Bonchev–Trinajstić information content (AvgIpc) is 3.09. The third kappa shape index (κ3) is 2.30. The van der Waals surface area contributed by atoms with Crippen LogP contribution in [0, 0.1) is 13.8 Å². The van der Waals surface area contributed by atoms with Gasteiger partial charge in [0.25, 0.3) is 0 Å². The molecule has 0 saturated heterocycles. The SMILES string of the molecule is Cc1noc(C)c1CNc1ccccc1-n1cccn1. The Hall–Kier alpha value is -2.56. The van der Waals surface area contributed by atoms with Crippen LogP contribution in [-0.4, -0.2) is 14.9 Å². The molecule has 3 rings (SSSR count). The molecule has 0 fully saturated rings. The Labute approximate surface area is 117 Å². The van der Waals surface area contributed by atoms with E-state index in [1.54, 1.807) is 6.20 Å². The van der Waals surface area contributed by atoms with Gasteiger partial charge >= 0.3 is 0 Å². The van der Waals surface area contributed by atoms with Gasteiger partial charge in [-0.25, -0.2) is 4.68 Å². The van der Waals surface area contributed by atoms with Gasteiger partial charge in [-0.2, -0.15) is 5.10 Å². The number of para-hydroxylation sites is 2. The lowest BCUT2D eigenvalue weighted by atomic mass is 10.2. The molecule has 102 valence electrons. The number of anilines is 1. The Morgan fingerprint density at radius 1 is 1.20 bits per heavy atom. The summed E-state index contributed by atoms with van der Waals surface area (Å²) in [5, 5.41) is 11.7. The predicted octanol–water partition coefficient (Wildman–Crippen LogP) is 3.09. The Balaban J connectivity index is 1.85. The number of benzene rings is 1. The van der Waals surface area contributed by atoms with Crippen molar-refractivity contribution in [2.24, 2.45) is 0 Å². The Morgan fingerprint density at radius 2 is 2.05 bits per heavy atom. The zero-order valence-corrected chi connectivity index (χ0v) is 11.5. The van der Waals surface area contributed by atoms with Gasteiger partial charge in [-0.05, 0) is 32.0 Å². The molecule has 3 aromatic rings. The van der Waals surface area contributed by atoms with E-state index in [9.17, 15) is 0 Å². The van der Waals surface area contributed by atoms with Crippen LogP contribution >= 0.6 is 0 Å². The molecule has 0 bridgehead atoms. The molecule has 0 unspecified atom stereocenters. The van der Waals surface area contributed by atoms with Gasteiger partial charge in [0, 0.05) is 24.5 Å². The van der Waals surface area contributed by atoms with E-state index < -0.39 is 0 Å². The Bertz CT molecular complexity index is 681. The summed E-state index contributed by atoms with van der Waals surface area (Å²) < 4.78 is 7.02. The van der Waals surface area contributed by atoms with E-state index in [0.717, 1.165) is 28.4 Å². The normalized spacial score (nSPS) is 10.7. The van der Waals surface area contributed by atoms with Gasteiger partial charge < -0.3 is 9.84 Å². The van der Waals surface area contributed by atoms with E-state index in [2.05, 4.69) is 15.6 Å². The highest BCUT2D eigenvalue weighted by Gasteiger charge is 2.10. The number of nitrogens with zero attached hydrogens (tertiary/aromatic N) is 3. The van der Waals surface area contributed by atoms with Crippen molar-refractivity contribution in [2.45, 2.75) is 20.4 Å². The maximum Gasteiger partial charge on any atom is 0.138 e. The number of aryl methyl sites for hydroxylation is 2. The highest BCUT2D eigenvalue weighted by atomic mass is 16.5. The molecule has 2 aromatic heterocycles.